The largest absolute Gasteiger partial charge is 0.456 e. The molecule has 0 spiro atoms. The highest BCUT2D eigenvalue weighted by atomic mass is 16.3. The van der Waals surface area contributed by atoms with Gasteiger partial charge < -0.3 is 13.4 Å². The van der Waals surface area contributed by atoms with Crippen LogP contribution in [0.2, 0.25) is 0 Å². The van der Waals surface area contributed by atoms with Gasteiger partial charge in [-0.3, -0.25) is 0 Å². The third-order valence-corrected chi connectivity index (χ3v) is 10.8. The third-order valence-electron chi connectivity index (χ3n) is 10.8. The molecule has 0 aliphatic rings. The lowest BCUT2D eigenvalue weighted by Crippen LogP contribution is -2.01. The molecule has 8 aromatic carbocycles. The van der Waals surface area contributed by atoms with E-state index in [1.54, 1.807) is 0 Å². The van der Waals surface area contributed by atoms with E-state index < -0.39 is 0 Å². The highest BCUT2D eigenvalue weighted by Gasteiger charge is 2.20. The Morgan fingerprint density at radius 3 is 1.82 bits per heavy atom. The average Bonchev–Trinajstić information content (AvgIpc) is 3.92. The van der Waals surface area contributed by atoms with Crippen LogP contribution < -0.4 is 0 Å². The van der Waals surface area contributed by atoms with E-state index in [-0.39, 0.29) is 0 Å². The summed E-state index contributed by atoms with van der Waals surface area (Å²) in [5.74, 6) is 1.64. The van der Waals surface area contributed by atoms with E-state index in [2.05, 4.69) is 120 Å². The number of para-hydroxylation sites is 4. The summed E-state index contributed by atoms with van der Waals surface area (Å²) in [6.45, 7) is 0. The van der Waals surface area contributed by atoms with Gasteiger partial charge in [-0.05, 0) is 71.4 Å². The maximum absolute atomic E-state index is 6.48. The van der Waals surface area contributed by atoms with Crippen molar-refractivity contribution < 1.29 is 8.83 Å². The third kappa shape index (κ3) is 4.58. The van der Waals surface area contributed by atoms with Crippen LogP contribution in [0.25, 0.3) is 116 Å². The van der Waals surface area contributed by atoms with Crippen LogP contribution in [-0.4, -0.2) is 19.5 Å². The van der Waals surface area contributed by atoms with Crippen LogP contribution in [0, 0.1) is 0 Å². The number of benzene rings is 8. The number of furan rings is 2. The van der Waals surface area contributed by atoms with Gasteiger partial charge in [0.2, 0.25) is 0 Å². The highest BCUT2D eigenvalue weighted by molar-refractivity contribution is 6.14. The molecule has 55 heavy (non-hydrogen) atoms. The molecule has 12 aromatic rings. The van der Waals surface area contributed by atoms with Gasteiger partial charge in [-0.2, -0.15) is 0 Å². The summed E-state index contributed by atoms with van der Waals surface area (Å²) in [5.41, 5.74) is 8.99. The molecular formula is C49H28N4O2. The number of hydrogen-bond acceptors (Lipinski definition) is 5. The Balaban J connectivity index is 1.09. The molecule has 0 bridgehead atoms. The minimum Gasteiger partial charge on any atom is -0.456 e. The summed E-state index contributed by atoms with van der Waals surface area (Å²) in [6.07, 6.45) is 0. The van der Waals surface area contributed by atoms with Gasteiger partial charge in [0, 0.05) is 49.1 Å². The lowest BCUT2D eigenvalue weighted by molar-refractivity contribution is 0.668. The van der Waals surface area contributed by atoms with Crippen molar-refractivity contribution in [2.24, 2.45) is 0 Å². The molecule has 6 nitrogen and oxygen atoms in total. The fourth-order valence-electron chi connectivity index (χ4n) is 8.26. The second-order valence-corrected chi connectivity index (χ2v) is 14.0. The van der Waals surface area contributed by atoms with Crippen molar-refractivity contribution in [2.75, 3.05) is 0 Å². The van der Waals surface area contributed by atoms with Crippen molar-refractivity contribution in [3.63, 3.8) is 0 Å². The number of hydrogen-bond donors (Lipinski definition) is 0. The standard InChI is InChI=1S/C49H28N4O2/c1-2-12-30-27-42-40(26-29(30)11-1)34-15-3-6-20-41(34)53(42)33-14-9-13-31(25-33)47-50-48(32-23-24-37-35-16-4-7-21-43(35)54-45(37)28-32)52-49(51-47)39-19-10-18-38-36-17-5-8-22-44(36)55-46(38)39/h1-28H. The molecule has 0 saturated heterocycles. The van der Waals surface area contributed by atoms with Gasteiger partial charge >= 0.3 is 0 Å². The van der Waals surface area contributed by atoms with Crippen LogP contribution in [0.5, 0.6) is 0 Å². The van der Waals surface area contributed by atoms with E-state index in [1.165, 1.54) is 21.5 Å². The molecule has 0 N–H and O–H groups in total. The summed E-state index contributed by atoms with van der Waals surface area (Å²) < 4.78 is 15.1. The Labute approximate surface area is 313 Å². The van der Waals surface area contributed by atoms with Crippen molar-refractivity contribution in [2.45, 2.75) is 0 Å². The molecule has 0 atom stereocenters. The van der Waals surface area contributed by atoms with E-state index in [0.29, 0.717) is 17.5 Å². The first kappa shape index (κ1) is 29.9. The van der Waals surface area contributed by atoms with E-state index in [0.717, 1.165) is 77.3 Å². The van der Waals surface area contributed by atoms with Crippen molar-refractivity contribution in [1.29, 1.82) is 0 Å². The van der Waals surface area contributed by atoms with E-state index in [1.807, 2.05) is 54.6 Å². The molecular weight excluding hydrogens is 677 g/mol. The monoisotopic (exact) mass is 704 g/mol. The van der Waals surface area contributed by atoms with E-state index >= 15 is 0 Å². The Kier molecular flexibility index (Phi) is 6.24. The van der Waals surface area contributed by atoms with E-state index in [4.69, 9.17) is 23.8 Å². The second kappa shape index (κ2) is 11.5. The Morgan fingerprint density at radius 2 is 0.982 bits per heavy atom. The molecule has 4 heterocycles. The highest BCUT2D eigenvalue weighted by Crippen LogP contribution is 2.39. The fourth-order valence-corrected chi connectivity index (χ4v) is 8.26. The topological polar surface area (TPSA) is 69.9 Å². The number of nitrogens with zero attached hydrogens (tertiary/aromatic N) is 4. The summed E-state index contributed by atoms with van der Waals surface area (Å²) >= 11 is 0. The first-order chi connectivity index (χ1) is 27.2. The first-order valence-corrected chi connectivity index (χ1v) is 18.3. The van der Waals surface area contributed by atoms with Crippen molar-refractivity contribution in [3.8, 4) is 39.9 Å². The van der Waals surface area contributed by atoms with Crippen LogP contribution in [0.15, 0.2) is 179 Å². The predicted molar refractivity (Wildman–Crippen MR) is 223 cm³/mol. The Morgan fingerprint density at radius 1 is 0.364 bits per heavy atom. The molecule has 256 valence electrons. The SMILES string of the molecule is c1cc(-c2nc(-c3ccc4c(c3)oc3ccccc34)nc(-c3cccc4c3oc3ccccc34)n2)cc(-n2c3ccccc3c3cc4ccccc4cc32)c1. The molecule has 0 aliphatic carbocycles. The van der Waals surface area contributed by atoms with E-state index in [9.17, 15) is 0 Å². The zero-order valence-corrected chi connectivity index (χ0v) is 29.3. The summed E-state index contributed by atoms with van der Waals surface area (Å²) in [7, 11) is 0. The molecule has 0 radical (unpaired) electrons. The smallest absolute Gasteiger partial charge is 0.167 e. The normalized spacial score (nSPS) is 12.0. The summed E-state index contributed by atoms with van der Waals surface area (Å²) in [4.78, 5) is 15.5. The Bertz CT molecular complexity index is 3520. The molecule has 6 heteroatoms. The fraction of sp³-hybridized carbons (Fsp3) is 0. The van der Waals surface area contributed by atoms with Crippen molar-refractivity contribution >= 4 is 76.5 Å². The Hall–Kier alpha value is -7.57. The number of rotatable bonds is 4. The summed E-state index contributed by atoms with van der Waals surface area (Å²) in [5, 5.41) is 9.03. The molecule has 0 saturated carbocycles. The van der Waals surface area contributed by atoms with Crippen LogP contribution in [0.4, 0.5) is 0 Å². The van der Waals surface area contributed by atoms with Crippen LogP contribution in [-0.2, 0) is 0 Å². The minimum atomic E-state index is 0.531. The van der Waals surface area contributed by atoms with Gasteiger partial charge in [-0.1, -0.05) is 109 Å². The van der Waals surface area contributed by atoms with Gasteiger partial charge in [0.1, 0.15) is 22.3 Å². The van der Waals surface area contributed by atoms with Gasteiger partial charge in [0.25, 0.3) is 0 Å². The zero-order valence-electron chi connectivity index (χ0n) is 29.3. The first-order valence-electron chi connectivity index (χ1n) is 18.3. The predicted octanol–water partition coefficient (Wildman–Crippen LogP) is 12.9. The molecule has 0 aliphatic heterocycles. The molecule has 4 aromatic heterocycles. The van der Waals surface area contributed by atoms with Crippen molar-refractivity contribution in [3.05, 3.63) is 170 Å². The molecule has 12 rings (SSSR count). The molecule has 0 amide bonds. The number of fused-ring (bicyclic) bond motifs is 10. The maximum Gasteiger partial charge on any atom is 0.167 e. The molecule has 0 unspecified atom stereocenters. The maximum atomic E-state index is 6.48. The van der Waals surface area contributed by atoms with Gasteiger partial charge in [0.15, 0.2) is 17.5 Å². The van der Waals surface area contributed by atoms with Crippen LogP contribution >= 0.6 is 0 Å². The summed E-state index contributed by atoms with van der Waals surface area (Å²) in [6, 6.07) is 58.7. The number of aromatic nitrogens is 4. The average molecular weight is 705 g/mol. The van der Waals surface area contributed by atoms with Crippen LogP contribution in [0.1, 0.15) is 0 Å². The lowest BCUT2D eigenvalue weighted by atomic mass is 10.1. The quantitative estimate of drug-likeness (QED) is 0.182. The van der Waals surface area contributed by atoms with Crippen molar-refractivity contribution in [1.82, 2.24) is 19.5 Å². The second-order valence-electron chi connectivity index (χ2n) is 14.0. The van der Waals surface area contributed by atoms with Gasteiger partial charge in [-0.15, -0.1) is 0 Å². The van der Waals surface area contributed by atoms with Gasteiger partial charge in [0.05, 0.1) is 16.6 Å². The lowest BCUT2D eigenvalue weighted by Gasteiger charge is -2.12. The van der Waals surface area contributed by atoms with Crippen LogP contribution in [0.3, 0.4) is 0 Å². The molecule has 0 fully saturated rings. The zero-order chi connectivity index (χ0) is 36.0. The van der Waals surface area contributed by atoms with Gasteiger partial charge in [-0.25, -0.2) is 15.0 Å². The minimum absolute atomic E-state index is 0.531.